The molecule has 0 aliphatic rings. The van der Waals surface area contributed by atoms with Crippen LogP contribution in [0.3, 0.4) is 0 Å². The monoisotopic (exact) mass is 312 g/mol. The highest BCUT2D eigenvalue weighted by Crippen LogP contribution is 2.25. The molecule has 0 heterocycles. The molecule has 2 aromatic rings. The summed E-state index contributed by atoms with van der Waals surface area (Å²) in [7, 11) is 0. The molecular formula is C19H20O4. The zero-order chi connectivity index (χ0) is 16.8. The van der Waals surface area contributed by atoms with E-state index in [1.54, 1.807) is 36.4 Å². The molecule has 4 heteroatoms. The van der Waals surface area contributed by atoms with Crippen LogP contribution in [0.25, 0.3) is 0 Å². The quantitative estimate of drug-likeness (QED) is 0.455. The number of para-hydroxylation sites is 1. The minimum atomic E-state index is -0.537. The highest BCUT2D eigenvalue weighted by Gasteiger charge is 2.17. The Bertz CT molecular complexity index is 719. The molecule has 0 saturated carbocycles. The summed E-state index contributed by atoms with van der Waals surface area (Å²) in [6, 6.07) is 12.1. The van der Waals surface area contributed by atoms with Crippen LogP contribution in [0.2, 0.25) is 0 Å². The third-order valence-corrected chi connectivity index (χ3v) is 3.29. The Hall–Kier alpha value is -2.62. The molecule has 0 radical (unpaired) electrons. The maximum atomic E-state index is 12.5. The summed E-state index contributed by atoms with van der Waals surface area (Å²) in [6.07, 6.45) is 0.843. The molecule has 0 unspecified atom stereocenters. The van der Waals surface area contributed by atoms with Crippen molar-refractivity contribution >= 4 is 11.8 Å². The summed E-state index contributed by atoms with van der Waals surface area (Å²) in [5.74, 6) is 0.0669. The summed E-state index contributed by atoms with van der Waals surface area (Å²) in [4.78, 5) is 24.2. The number of ketones is 1. The SMILES string of the molecule is CCCOc1ccccc1C(=O)Oc1cc(C)ccc1C(C)=O. The van der Waals surface area contributed by atoms with E-state index < -0.39 is 5.97 Å². The van der Waals surface area contributed by atoms with Gasteiger partial charge >= 0.3 is 5.97 Å². The minimum absolute atomic E-state index is 0.150. The molecule has 0 amide bonds. The lowest BCUT2D eigenvalue weighted by molar-refractivity contribution is 0.0728. The number of carbonyl (C=O) groups is 2. The van der Waals surface area contributed by atoms with Gasteiger partial charge in [-0.15, -0.1) is 0 Å². The molecule has 0 N–H and O–H groups in total. The van der Waals surface area contributed by atoms with E-state index in [1.165, 1.54) is 6.92 Å². The molecule has 0 aromatic heterocycles. The Morgan fingerprint density at radius 2 is 1.74 bits per heavy atom. The molecule has 23 heavy (non-hydrogen) atoms. The number of aryl methyl sites for hydroxylation is 1. The topological polar surface area (TPSA) is 52.6 Å². The number of hydrogen-bond acceptors (Lipinski definition) is 4. The fraction of sp³-hybridized carbons (Fsp3) is 0.263. The molecular weight excluding hydrogens is 292 g/mol. The van der Waals surface area contributed by atoms with Gasteiger partial charge in [-0.25, -0.2) is 4.79 Å². The van der Waals surface area contributed by atoms with E-state index >= 15 is 0 Å². The van der Waals surface area contributed by atoms with Gasteiger partial charge in [-0.3, -0.25) is 4.79 Å². The number of hydrogen-bond donors (Lipinski definition) is 0. The van der Waals surface area contributed by atoms with Gasteiger partial charge in [0.2, 0.25) is 0 Å². The van der Waals surface area contributed by atoms with Crippen molar-refractivity contribution in [3.05, 3.63) is 59.2 Å². The number of esters is 1. The van der Waals surface area contributed by atoms with Crippen molar-refractivity contribution in [1.29, 1.82) is 0 Å². The van der Waals surface area contributed by atoms with Gasteiger partial charge in [0.25, 0.3) is 0 Å². The fourth-order valence-electron chi connectivity index (χ4n) is 2.13. The van der Waals surface area contributed by atoms with Crippen molar-refractivity contribution in [2.45, 2.75) is 27.2 Å². The molecule has 0 atom stereocenters. The van der Waals surface area contributed by atoms with E-state index in [2.05, 4.69) is 0 Å². The van der Waals surface area contributed by atoms with Crippen LogP contribution < -0.4 is 9.47 Å². The normalized spacial score (nSPS) is 10.2. The molecule has 2 aromatic carbocycles. The molecule has 0 spiro atoms. The van der Waals surface area contributed by atoms with Gasteiger partial charge in [-0.2, -0.15) is 0 Å². The average Bonchev–Trinajstić information content (AvgIpc) is 2.53. The van der Waals surface area contributed by atoms with E-state index in [-0.39, 0.29) is 11.5 Å². The first kappa shape index (κ1) is 16.7. The second-order valence-corrected chi connectivity index (χ2v) is 5.29. The fourth-order valence-corrected chi connectivity index (χ4v) is 2.13. The first-order chi connectivity index (χ1) is 11.0. The van der Waals surface area contributed by atoms with Crippen molar-refractivity contribution < 1.29 is 19.1 Å². The predicted molar refractivity (Wildman–Crippen MR) is 88.4 cm³/mol. The predicted octanol–water partition coefficient (Wildman–Crippen LogP) is 4.21. The van der Waals surface area contributed by atoms with Crippen molar-refractivity contribution in [2.75, 3.05) is 6.61 Å². The van der Waals surface area contributed by atoms with Crippen LogP contribution in [0.4, 0.5) is 0 Å². The van der Waals surface area contributed by atoms with Gasteiger partial charge in [0.15, 0.2) is 5.78 Å². The van der Waals surface area contributed by atoms with Gasteiger partial charge < -0.3 is 9.47 Å². The van der Waals surface area contributed by atoms with Crippen molar-refractivity contribution in [3.63, 3.8) is 0 Å². The summed E-state index contributed by atoms with van der Waals surface area (Å²) >= 11 is 0. The van der Waals surface area contributed by atoms with E-state index in [0.29, 0.717) is 23.5 Å². The first-order valence-corrected chi connectivity index (χ1v) is 7.58. The average molecular weight is 312 g/mol. The van der Waals surface area contributed by atoms with Gasteiger partial charge in [0.1, 0.15) is 17.1 Å². The number of Topliss-reactive ketones (excluding diaryl/α,β-unsaturated/α-hetero) is 1. The van der Waals surface area contributed by atoms with Crippen LogP contribution in [0.1, 0.15) is 46.5 Å². The lowest BCUT2D eigenvalue weighted by Gasteiger charge is -2.12. The highest BCUT2D eigenvalue weighted by molar-refractivity contribution is 5.99. The third kappa shape index (κ3) is 4.19. The molecule has 0 aliphatic heterocycles. The Balaban J connectivity index is 2.30. The van der Waals surface area contributed by atoms with E-state index in [0.717, 1.165) is 12.0 Å². The summed E-state index contributed by atoms with van der Waals surface area (Å²) in [6.45, 7) is 5.83. The van der Waals surface area contributed by atoms with Crippen LogP contribution in [0, 0.1) is 6.92 Å². The molecule has 0 saturated heterocycles. The second-order valence-electron chi connectivity index (χ2n) is 5.29. The molecule has 0 fully saturated rings. The van der Waals surface area contributed by atoms with Crippen molar-refractivity contribution in [2.24, 2.45) is 0 Å². The van der Waals surface area contributed by atoms with Gasteiger partial charge in [-0.05, 0) is 50.1 Å². The summed E-state index contributed by atoms with van der Waals surface area (Å²) < 4.78 is 11.0. The van der Waals surface area contributed by atoms with Crippen LogP contribution in [-0.2, 0) is 0 Å². The number of rotatable bonds is 6. The Kier molecular flexibility index (Phi) is 5.52. The number of ether oxygens (including phenoxy) is 2. The first-order valence-electron chi connectivity index (χ1n) is 7.58. The largest absolute Gasteiger partial charge is 0.493 e. The van der Waals surface area contributed by atoms with Crippen LogP contribution in [-0.4, -0.2) is 18.4 Å². The lowest BCUT2D eigenvalue weighted by Crippen LogP contribution is -2.13. The standard InChI is InChI=1S/C19H20O4/c1-4-11-22-17-8-6-5-7-16(17)19(21)23-18-12-13(2)9-10-15(18)14(3)20/h5-10,12H,4,11H2,1-3H3. The summed E-state index contributed by atoms with van der Waals surface area (Å²) in [5, 5.41) is 0. The third-order valence-electron chi connectivity index (χ3n) is 3.29. The maximum absolute atomic E-state index is 12.5. The number of carbonyl (C=O) groups excluding carboxylic acids is 2. The van der Waals surface area contributed by atoms with Crippen molar-refractivity contribution in [3.8, 4) is 11.5 Å². The van der Waals surface area contributed by atoms with E-state index in [9.17, 15) is 9.59 Å². The second kappa shape index (κ2) is 7.58. The zero-order valence-electron chi connectivity index (χ0n) is 13.6. The maximum Gasteiger partial charge on any atom is 0.347 e. The van der Waals surface area contributed by atoms with E-state index in [1.807, 2.05) is 19.9 Å². The summed E-state index contributed by atoms with van der Waals surface area (Å²) in [5.41, 5.74) is 1.64. The Morgan fingerprint density at radius 3 is 2.43 bits per heavy atom. The minimum Gasteiger partial charge on any atom is -0.493 e. The van der Waals surface area contributed by atoms with Crippen LogP contribution in [0.15, 0.2) is 42.5 Å². The Morgan fingerprint density at radius 1 is 1.00 bits per heavy atom. The number of benzene rings is 2. The Labute approximate surface area is 136 Å². The van der Waals surface area contributed by atoms with E-state index in [4.69, 9.17) is 9.47 Å². The molecule has 4 nitrogen and oxygen atoms in total. The molecule has 0 bridgehead atoms. The lowest BCUT2D eigenvalue weighted by atomic mass is 10.1. The van der Waals surface area contributed by atoms with Crippen LogP contribution >= 0.6 is 0 Å². The molecule has 0 aliphatic carbocycles. The molecule has 120 valence electrons. The van der Waals surface area contributed by atoms with Gasteiger partial charge in [-0.1, -0.05) is 25.1 Å². The zero-order valence-corrected chi connectivity index (χ0v) is 13.6. The molecule has 2 rings (SSSR count). The smallest absolute Gasteiger partial charge is 0.347 e. The van der Waals surface area contributed by atoms with Gasteiger partial charge in [0, 0.05) is 0 Å². The highest BCUT2D eigenvalue weighted by atomic mass is 16.5. The van der Waals surface area contributed by atoms with Crippen molar-refractivity contribution in [1.82, 2.24) is 0 Å². The van der Waals surface area contributed by atoms with Gasteiger partial charge in [0.05, 0.1) is 12.2 Å². The van der Waals surface area contributed by atoms with Crippen LogP contribution in [0.5, 0.6) is 11.5 Å².